The van der Waals surface area contributed by atoms with Crippen molar-refractivity contribution in [1.29, 1.82) is 0 Å². The van der Waals surface area contributed by atoms with Crippen LogP contribution in [0, 0.1) is 0 Å². The number of aromatic nitrogens is 3. The summed E-state index contributed by atoms with van der Waals surface area (Å²) in [7, 11) is 0. The molecule has 0 radical (unpaired) electrons. The van der Waals surface area contributed by atoms with Gasteiger partial charge in [0.1, 0.15) is 11.2 Å². The molecule has 2 aliphatic carbocycles. The average molecular weight is 708 g/mol. The summed E-state index contributed by atoms with van der Waals surface area (Å²) in [6.07, 6.45) is 6.29. The number of rotatable bonds is 5. The highest BCUT2D eigenvalue weighted by atomic mass is 16.3. The molecule has 2 aliphatic rings. The van der Waals surface area contributed by atoms with Crippen molar-refractivity contribution in [3.8, 4) is 67.5 Å². The second-order valence-electron chi connectivity index (χ2n) is 15.1. The first kappa shape index (κ1) is 31.8. The fourth-order valence-electron chi connectivity index (χ4n) is 9.24. The number of benzene rings is 7. The highest BCUT2D eigenvalue weighted by Gasteiger charge is 2.43. The second kappa shape index (κ2) is 12.7. The average Bonchev–Trinajstić information content (AvgIpc) is 3.76. The molecule has 7 aromatic carbocycles. The van der Waals surface area contributed by atoms with E-state index in [1.165, 1.54) is 65.5 Å². The predicted octanol–water partition coefficient (Wildman–Crippen LogP) is 13.3. The lowest BCUT2D eigenvalue weighted by atomic mass is 9.67. The molecule has 0 atom stereocenters. The third kappa shape index (κ3) is 5.32. The summed E-state index contributed by atoms with van der Waals surface area (Å²) in [6, 6.07) is 58.2. The first-order valence-electron chi connectivity index (χ1n) is 19.4. The zero-order valence-corrected chi connectivity index (χ0v) is 30.4. The molecular weight excluding hydrogens is 671 g/mol. The van der Waals surface area contributed by atoms with Crippen molar-refractivity contribution in [3.05, 3.63) is 175 Å². The van der Waals surface area contributed by atoms with E-state index in [9.17, 15) is 0 Å². The zero-order valence-electron chi connectivity index (χ0n) is 30.4. The standard InChI is InChI=1S/C51H37N3O/c1-3-12-33(13-4-1)34-20-22-35(23-21-34)48-52-49(54-50(53-48)39-25-27-47-43(31-39)42-17-6-8-19-46(42)55-47)38-15-11-14-36(30-38)37-24-26-41-40-16-5-7-18-44(40)51(45(41)32-37)28-9-2-10-29-51/h1,3-8,11-27,30-32H,2,9-10,28-29H2. The Hall–Kier alpha value is -6.65. The minimum absolute atomic E-state index is 0.104. The summed E-state index contributed by atoms with van der Waals surface area (Å²) in [5, 5.41) is 2.12. The molecule has 4 heteroatoms. The van der Waals surface area contributed by atoms with Crippen LogP contribution in [0.15, 0.2) is 168 Å². The van der Waals surface area contributed by atoms with E-state index in [1.54, 1.807) is 0 Å². The van der Waals surface area contributed by atoms with Gasteiger partial charge in [-0.1, -0.05) is 147 Å². The molecule has 262 valence electrons. The summed E-state index contributed by atoms with van der Waals surface area (Å²) in [4.78, 5) is 15.4. The van der Waals surface area contributed by atoms with Crippen LogP contribution in [0.25, 0.3) is 89.5 Å². The van der Waals surface area contributed by atoms with Crippen LogP contribution in [-0.4, -0.2) is 15.0 Å². The minimum Gasteiger partial charge on any atom is -0.456 e. The molecule has 4 nitrogen and oxygen atoms in total. The molecule has 0 bridgehead atoms. The maximum Gasteiger partial charge on any atom is 0.164 e. The van der Waals surface area contributed by atoms with Crippen molar-refractivity contribution in [2.75, 3.05) is 0 Å². The van der Waals surface area contributed by atoms with Crippen molar-refractivity contribution in [1.82, 2.24) is 15.0 Å². The van der Waals surface area contributed by atoms with Gasteiger partial charge in [-0.05, 0) is 93.7 Å². The summed E-state index contributed by atoms with van der Waals surface area (Å²) in [6.45, 7) is 0. The van der Waals surface area contributed by atoms with Crippen LogP contribution in [0.1, 0.15) is 43.2 Å². The van der Waals surface area contributed by atoms with Crippen molar-refractivity contribution in [2.24, 2.45) is 0 Å². The van der Waals surface area contributed by atoms with E-state index in [1.807, 2.05) is 36.4 Å². The molecule has 9 aromatic rings. The van der Waals surface area contributed by atoms with Gasteiger partial charge in [-0.2, -0.15) is 0 Å². The number of nitrogens with zero attached hydrogens (tertiary/aromatic N) is 3. The van der Waals surface area contributed by atoms with Crippen LogP contribution in [-0.2, 0) is 5.41 Å². The summed E-state index contributed by atoms with van der Waals surface area (Å²) in [5.74, 6) is 1.90. The van der Waals surface area contributed by atoms with E-state index < -0.39 is 0 Å². The van der Waals surface area contributed by atoms with Crippen LogP contribution in [0.3, 0.4) is 0 Å². The van der Waals surface area contributed by atoms with E-state index in [2.05, 4.69) is 127 Å². The van der Waals surface area contributed by atoms with Gasteiger partial charge in [-0.15, -0.1) is 0 Å². The monoisotopic (exact) mass is 707 g/mol. The molecule has 0 aliphatic heterocycles. The predicted molar refractivity (Wildman–Crippen MR) is 224 cm³/mol. The van der Waals surface area contributed by atoms with Gasteiger partial charge in [-0.3, -0.25) is 0 Å². The number of fused-ring (bicyclic) bond motifs is 8. The lowest BCUT2D eigenvalue weighted by Gasteiger charge is -2.36. The molecule has 0 N–H and O–H groups in total. The Morgan fingerprint density at radius 1 is 0.364 bits per heavy atom. The summed E-state index contributed by atoms with van der Waals surface area (Å²) >= 11 is 0. The van der Waals surface area contributed by atoms with Crippen LogP contribution in [0.4, 0.5) is 0 Å². The molecular formula is C51H37N3O. The van der Waals surface area contributed by atoms with Crippen LogP contribution in [0.2, 0.25) is 0 Å². The Morgan fingerprint density at radius 3 is 1.76 bits per heavy atom. The SMILES string of the molecule is c1ccc(-c2ccc(-c3nc(-c4cccc(-c5ccc6c(c5)C5(CCCCC5)c5ccccc5-6)c4)nc(-c4ccc5oc6ccccc6c5c4)n3)cc2)cc1. The van der Waals surface area contributed by atoms with Crippen LogP contribution < -0.4 is 0 Å². The zero-order chi connectivity index (χ0) is 36.3. The summed E-state index contributed by atoms with van der Waals surface area (Å²) < 4.78 is 6.16. The first-order chi connectivity index (χ1) is 27.2. The maximum atomic E-state index is 6.16. The number of hydrogen-bond acceptors (Lipinski definition) is 4. The molecule has 1 spiro atoms. The highest BCUT2D eigenvalue weighted by Crippen LogP contribution is 2.56. The van der Waals surface area contributed by atoms with Gasteiger partial charge < -0.3 is 4.42 Å². The summed E-state index contributed by atoms with van der Waals surface area (Å²) in [5.41, 5.74) is 15.1. The maximum absolute atomic E-state index is 6.16. The van der Waals surface area contributed by atoms with Gasteiger partial charge in [0.15, 0.2) is 17.5 Å². The molecule has 1 fully saturated rings. The Balaban J connectivity index is 1.03. The van der Waals surface area contributed by atoms with Crippen molar-refractivity contribution < 1.29 is 4.42 Å². The molecule has 0 unspecified atom stereocenters. The number of hydrogen-bond donors (Lipinski definition) is 0. The van der Waals surface area contributed by atoms with Gasteiger partial charge in [0.05, 0.1) is 0 Å². The fraction of sp³-hybridized carbons (Fsp3) is 0.118. The molecule has 11 rings (SSSR count). The topological polar surface area (TPSA) is 51.8 Å². The van der Waals surface area contributed by atoms with E-state index in [0.29, 0.717) is 17.5 Å². The van der Waals surface area contributed by atoms with Gasteiger partial charge in [-0.25, -0.2) is 15.0 Å². The molecule has 2 heterocycles. The lowest BCUT2D eigenvalue weighted by molar-refractivity contribution is 0.353. The molecule has 0 saturated heterocycles. The minimum atomic E-state index is 0.104. The van der Waals surface area contributed by atoms with Crippen molar-refractivity contribution in [3.63, 3.8) is 0 Å². The lowest BCUT2D eigenvalue weighted by Crippen LogP contribution is -2.28. The third-order valence-corrected chi connectivity index (χ3v) is 11.9. The molecule has 1 saturated carbocycles. The Labute approximate surface area is 320 Å². The van der Waals surface area contributed by atoms with E-state index in [-0.39, 0.29) is 5.41 Å². The molecule has 0 amide bonds. The van der Waals surface area contributed by atoms with E-state index in [4.69, 9.17) is 19.4 Å². The highest BCUT2D eigenvalue weighted by molar-refractivity contribution is 6.06. The molecule has 55 heavy (non-hydrogen) atoms. The smallest absolute Gasteiger partial charge is 0.164 e. The normalized spacial score (nSPS) is 14.3. The van der Waals surface area contributed by atoms with Crippen molar-refractivity contribution in [2.45, 2.75) is 37.5 Å². The van der Waals surface area contributed by atoms with Crippen LogP contribution >= 0.6 is 0 Å². The largest absolute Gasteiger partial charge is 0.456 e. The number of para-hydroxylation sites is 1. The van der Waals surface area contributed by atoms with E-state index in [0.717, 1.165) is 49.8 Å². The second-order valence-corrected chi connectivity index (χ2v) is 15.1. The Morgan fingerprint density at radius 2 is 0.927 bits per heavy atom. The van der Waals surface area contributed by atoms with Gasteiger partial charge in [0.25, 0.3) is 0 Å². The quantitative estimate of drug-likeness (QED) is 0.179. The van der Waals surface area contributed by atoms with Crippen LogP contribution in [0.5, 0.6) is 0 Å². The Bertz CT molecular complexity index is 2900. The molecule has 2 aromatic heterocycles. The van der Waals surface area contributed by atoms with Gasteiger partial charge in [0.2, 0.25) is 0 Å². The van der Waals surface area contributed by atoms with E-state index >= 15 is 0 Å². The van der Waals surface area contributed by atoms with Gasteiger partial charge >= 0.3 is 0 Å². The first-order valence-corrected chi connectivity index (χ1v) is 19.4. The van der Waals surface area contributed by atoms with Gasteiger partial charge in [0, 0.05) is 32.9 Å². The number of furan rings is 1. The Kier molecular flexibility index (Phi) is 7.38. The van der Waals surface area contributed by atoms with Crippen molar-refractivity contribution >= 4 is 21.9 Å². The third-order valence-electron chi connectivity index (χ3n) is 11.9. The fourth-order valence-corrected chi connectivity index (χ4v) is 9.24.